The molecule has 15 heteroatoms. The predicted molar refractivity (Wildman–Crippen MR) is 177 cm³/mol. The Bertz CT molecular complexity index is 1130. The van der Waals surface area contributed by atoms with Gasteiger partial charge < -0.3 is 40.4 Å². The highest BCUT2D eigenvalue weighted by molar-refractivity contribution is 7.99. The van der Waals surface area contributed by atoms with Gasteiger partial charge in [-0.2, -0.15) is 11.8 Å². The van der Waals surface area contributed by atoms with Crippen molar-refractivity contribution in [3.05, 3.63) is 59.2 Å². The summed E-state index contributed by atoms with van der Waals surface area (Å²) in [5.74, 6) is 0.0630. The van der Waals surface area contributed by atoms with E-state index in [4.69, 9.17) is 19.9 Å². The number of carbonyl (C=O) groups is 2. The van der Waals surface area contributed by atoms with Crippen molar-refractivity contribution in [1.82, 2.24) is 19.8 Å². The third-order valence-corrected chi connectivity index (χ3v) is 8.83. The number of aliphatic hydroxyl groups is 2. The minimum absolute atomic E-state index is 0.0221. The average molecular weight is 680 g/mol. The van der Waals surface area contributed by atoms with Gasteiger partial charge in [0.05, 0.1) is 63.2 Å². The van der Waals surface area contributed by atoms with Gasteiger partial charge in [-0.1, -0.05) is 12.1 Å². The summed E-state index contributed by atoms with van der Waals surface area (Å²) < 4.78 is 18.3. The highest BCUT2D eigenvalue weighted by Gasteiger charge is 2.35. The maximum Gasteiger partial charge on any atom is 0.354 e. The quantitative estimate of drug-likeness (QED) is 0.0932. The van der Waals surface area contributed by atoms with E-state index in [1.165, 1.54) is 12.1 Å². The normalized spacial score (nSPS) is 17.9. The first-order valence-corrected chi connectivity index (χ1v) is 17.1. The number of aromatic carboxylic acids is 2. The zero-order chi connectivity index (χ0) is 33.9. The zero-order valence-electron chi connectivity index (χ0n) is 26.8. The summed E-state index contributed by atoms with van der Waals surface area (Å²) in [6.45, 7) is 5.00. The molecule has 2 unspecified atom stereocenters. The molecule has 2 aromatic heterocycles. The lowest BCUT2D eigenvalue weighted by molar-refractivity contribution is -0.0649. The van der Waals surface area contributed by atoms with Crippen LogP contribution in [0, 0.1) is 5.92 Å². The molecule has 262 valence electrons. The standard InChI is InChI=1S/C32H49N5O9S/c33-7-14-44-17-18-47-23-24-19-29(45-15-10-36(8-12-38)21-25-3-1-5-27(34-25)31(40)41)30(20-24)46-16-11-37(9-13-39)22-26-4-2-6-28(35-26)32(42)43/h1-6,24,29-30,38-39H,7-23,33H2,(H,40,41)(H,42,43). The fourth-order valence-electron chi connectivity index (χ4n) is 5.42. The first-order valence-electron chi connectivity index (χ1n) is 16.0. The number of carboxylic acids is 2. The van der Waals surface area contributed by atoms with E-state index in [1.54, 1.807) is 24.3 Å². The van der Waals surface area contributed by atoms with Crippen LogP contribution in [0.15, 0.2) is 36.4 Å². The number of hydrogen-bond acceptors (Lipinski definition) is 13. The van der Waals surface area contributed by atoms with E-state index < -0.39 is 11.9 Å². The molecule has 0 amide bonds. The molecule has 1 fully saturated rings. The third kappa shape index (κ3) is 14.5. The van der Waals surface area contributed by atoms with Crippen LogP contribution in [0.3, 0.4) is 0 Å². The Labute approximate surface area is 280 Å². The summed E-state index contributed by atoms with van der Waals surface area (Å²) in [5, 5.41) is 37.8. The maximum atomic E-state index is 11.3. The molecule has 2 heterocycles. The van der Waals surface area contributed by atoms with Crippen molar-refractivity contribution in [2.45, 2.75) is 38.1 Å². The molecule has 0 aromatic carbocycles. The van der Waals surface area contributed by atoms with Crippen molar-refractivity contribution in [2.24, 2.45) is 11.7 Å². The minimum atomic E-state index is -1.09. The Kier molecular flexibility index (Phi) is 18.1. The molecule has 0 bridgehead atoms. The van der Waals surface area contributed by atoms with Gasteiger partial charge in [-0.3, -0.25) is 9.80 Å². The second kappa shape index (κ2) is 22.0. The van der Waals surface area contributed by atoms with Gasteiger partial charge in [0, 0.05) is 51.6 Å². The number of aromatic nitrogens is 2. The van der Waals surface area contributed by atoms with Crippen LogP contribution < -0.4 is 5.73 Å². The molecule has 1 aliphatic rings. The number of nitrogens with zero attached hydrogens (tertiary/aromatic N) is 4. The van der Waals surface area contributed by atoms with E-state index in [0.29, 0.717) is 89.5 Å². The number of aliphatic hydroxyl groups excluding tert-OH is 2. The fraction of sp³-hybridized carbons (Fsp3) is 0.625. The molecule has 0 aliphatic heterocycles. The van der Waals surface area contributed by atoms with Crippen LogP contribution in [0.25, 0.3) is 0 Å². The maximum absolute atomic E-state index is 11.3. The minimum Gasteiger partial charge on any atom is -0.477 e. The zero-order valence-corrected chi connectivity index (χ0v) is 27.6. The van der Waals surface area contributed by atoms with E-state index in [-0.39, 0.29) is 36.8 Å². The van der Waals surface area contributed by atoms with Gasteiger partial charge in [-0.15, -0.1) is 0 Å². The van der Waals surface area contributed by atoms with Crippen molar-refractivity contribution in [3.63, 3.8) is 0 Å². The lowest BCUT2D eigenvalue weighted by Crippen LogP contribution is -2.35. The van der Waals surface area contributed by atoms with E-state index in [0.717, 1.165) is 24.3 Å². The molecule has 3 rings (SSSR count). The van der Waals surface area contributed by atoms with Crippen molar-refractivity contribution >= 4 is 23.7 Å². The second-order valence-corrected chi connectivity index (χ2v) is 12.4. The fourth-order valence-corrected chi connectivity index (χ4v) is 6.43. The summed E-state index contributed by atoms with van der Waals surface area (Å²) in [6, 6.07) is 9.75. The van der Waals surface area contributed by atoms with Gasteiger partial charge in [0.1, 0.15) is 11.4 Å². The molecule has 1 saturated carbocycles. The number of pyridine rings is 2. The number of ether oxygens (including phenoxy) is 3. The largest absolute Gasteiger partial charge is 0.477 e. The van der Waals surface area contributed by atoms with Crippen LogP contribution in [-0.4, -0.2) is 148 Å². The summed E-state index contributed by atoms with van der Waals surface area (Å²) in [6.07, 6.45) is 1.43. The number of carboxylic acid groups (broad SMARTS) is 2. The lowest BCUT2D eigenvalue weighted by atomic mass is 10.1. The Morgan fingerprint density at radius 3 is 1.74 bits per heavy atom. The van der Waals surface area contributed by atoms with Crippen LogP contribution >= 0.6 is 11.8 Å². The van der Waals surface area contributed by atoms with Gasteiger partial charge in [0.2, 0.25) is 0 Å². The van der Waals surface area contributed by atoms with Gasteiger partial charge >= 0.3 is 11.9 Å². The lowest BCUT2D eigenvalue weighted by Gasteiger charge is -2.26. The van der Waals surface area contributed by atoms with Gasteiger partial charge in [0.25, 0.3) is 0 Å². The van der Waals surface area contributed by atoms with Crippen LogP contribution in [0.5, 0.6) is 0 Å². The molecule has 0 radical (unpaired) electrons. The SMILES string of the molecule is NCCOCCSCC1CC(OCCN(CCO)Cc2cccc(C(=O)O)n2)C(OCCN(CCO)Cc2cccc(C(=O)O)n2)C1. The summed E-state index contributed by atoms with van der Waals surface area (Å²) in [4.78, 5) is 35.0. The van der Waals surface area contributed by atoms with E-state index >= 15 is 0 Å². The molecule has 0 saturated heterocycles. The molecule has 2 atom stereocenters. The highest BCUT2D eigenvalue weighted by atomic mass is 32.2. The third-order valence-electron chi connectivity index (χ3n) is 7.67. The summed E-state index contributed by atoms with van der Waals surface area (Å²) >= 11 is 1.84. The number of thioether (sulfide) groups is 1. The summed E-state index contributed by atoms with van der Waals surface area (Å²) in [5.41, 5.74) is 6.66. The Morgan fingerprint density at radius 1 is 0.787 bits per heavy atom. The Morgan fingerprint density at radius 2 is 1.30 bits per heavy atom. The molecule has 0 spiro atoms. The van der Waals surface area contributed by atoms with E-state index in [9.17, 15) is 30.0 Å². The van der Waals surface area contributed by atoms with Crippen LogP contribution in [0.2, 0.25) is 0 Å². The molecular formula is C32H49N5O9S. The molecular weight excluding hydrogens is 630 g/mol. The van der Waals surface area contributed by atoms with Gasteiger partial charge in [0.15, 0.2) is 0 Å². The molecule has 47 heavy (non-hydrogen) atoms. The van der Waals surface area contributed by atoms with Crippen LogP contribution in [0.1, 0.15) is 45.2 Å². The molecule has 2 aromatic rings. The first kappa shape index (κ1) is 38.7. The summed E-state index contributed by atoms with van der Waals surface area (Å²) in [7, 11) is 0. The number of nitrogens with two attached hydrogens (primary N) is 1. The van der Waals surface area contributed by atoms with Crippen molar-refractivity contribution in [2.75, 3.05) is 83.9 Å². The Balaban J connectivity index is 1.56. The van der Waals surface area contributed by atoms with E-state index in [2.05, 4.69) is 9.97 Å². The van der Waals surface area contributed by atoms with Crippen LogP contribution in [0.4, 0.5) is 0 Å². The number of hydrogen-bond donors (Lipinski definition) is 5. The average Bonchev–Trinajstić information content (AvgIpc) is 3.44. The molecule has 6 N–H and O–H groups in total. The van der Waals surface area contributed by atoms with Gasteiger partial charge in [-0.05, 0) is 48.8 Å². The predicted octanol–water partition coefficient (Wildman–Crippen LogP) is 1.05. The van der Waals surface area contributed by atoms with Crippen molar-refractivity contribution in [1.29, 1.82) is 0 Å². The molecule has 14 nitrogen and oxygen atoms in total. The monoisotopic (exact) mass is 679 g/mol. The molecule has 1 aliphatic carbocycles. The van der Waals surface area contributed by atoms with Gasteiger partial charge in [-0.25, -0.2) is 19.6 Å². The van der Waals surface area contributed by atoms with Crippen molar-refractivity contribution < 1.29 is 44.2 Å². The van der Waals surface area contributed by atoms with Crippen molar-refractivity contribution in [3.8, 4) is 0 Å². The first-order chi connectivity index (χ1) is 22.8. The number of rotatable bonds is 25. The van der Waals surface area contributed by atoms with E-state index in [1.807, 2.05) is 21.6 Å². The smallest absolute Gasteiger partial charge is 0.354 e. The van der Waals surface area contributed by atoms with Crippen LogP contribution in [-0.2, 0) is 27.3 Å². The highest BCUT2D eigenvalue weighted by Crippen LogP contribution is 2.33. The topological polar surface area (TPSA) is 201 Å². The Hall–Kier alpha value is -2.73. The second-order valence-electron chi connectivity index (χ2n) is 11.3.